The number of primary amides is 1. The van der Waals surface area contributed by atoms with Crippen LogP contribution in [0.5, 0.6) is 0 Å². The maximum absolute atomic E-state index is 13.0. The van der Waals surface area contributed by atoms with E-state index in [1.807, 2.05) is 24.3 Å². The van der Waals surface area contributed by atoms with Gasteiger partial charge in [0.25, 0.3) is 5.91 Å². The van der Waals surface area contributed by atoms with Gasteiger partial charge in [0.15, 0.2) is 0 Å². The van der Waals surface area contributed by atoms with Crippen LogP contribution in [0.25, 0.3) is 0 Å². The van der Waals surface area contributed by atoms with Gasteiger partial charge in [0, 0.05) is 24.2 Å². The third-order valence-electron chi connectivity index (χ3n) is 5.22. The molecule has 5 nitrogen and oxygen atoms in total. The van der Waals surface area contributed by atoms with Gasteiger partial charge in [-0.2, -0.15) is 0 Å². The molecule has 0 atom stereocenters. The molecule has 24 heavy (non-hydrogen) atoms. The second kappa shape index (κ2) is 7.24. The first-order valence-electron chi connectivity index (χ1n) is 8.99. The van der Waals surface area contributed by atoms with Crippen LogP contribution in [0.3, 0.4) is 0 Å². The number of hydrogen-bond donors (Lipinski definition) is 2. The normalized spacial score (nSPS) is 23.5. The van der Waals surface area contributed by atoms with Crippen molar-refractivity contribution in [3.63, 3.8) is 0 Å². The average Bonchev–Trinajstić information content (AvgIpc) is 3.40. The number of benzene rings is 1. The predicted molar refractivity (Wildman–Crippen MR) is 93.5 cm³/mol. The van der Waals surface area contributed by atoms with Crippen molar-refractivity contribution >= 4 is 11.9 Å². The third kappa shape index (κ3) is 4.08. The van der Waals surface area contributed by atoms with Crippen LogP contribution in [0, 0.1) is 5.92 Å². The van der Waals surface area contributed by atoms with Crippen molar-refractivity contribution in [2.75, 3.05) is 0 Å². The van der Waals surface area contributed by atoms with Crippen LogP contribution in [-0.2, 0) is 6.54 Å². The fraction of sp³-hybridized carbons (Fsp3) is 0.579. The SMILES string of the molecule is CC1CCC(N(C(=O)c2ccc(CNC(N)=O)cc2)C2CC2)CC1. The number of carbonyl (C=O) groups is 2. The lowest BCUT2D eigenvalue weighted by atomic mass is 9.86. The first-order chi connectivity index (χ1) is 11.5. The molecule has 2 saturated carbocycles. The fourth-order valence-corrected chi connectivity index (χ4v) is 3.61. The summed E-state index contributed by atoms with van der Waals surface area (Å²) in [6.45, 7) is 2.69. The van der Waals surface area contributed by atoms with Crippen LogP contribution in [0.15, 0.2) is 24.3 Å². The summed E-state index contributed by atoms with van der Waals surface area (Å²) < 4.78 is 0. The molecule has 3 N–H and O–H groups in total. The highest BCUT2D eigenvalue weighted by atomic mass is 16.2. The molecule has 1 aromatic carbocycles. The zero-order valence-electron chi connectivity index (χ0n) is 14.3. The maximum atomic E-state index is 13.0. The number of nitrogens with zero attached hydrogens (tertiary/aromatic N) is 1. The van der Waals surface area contributed by atoms with E-state index in [0.717, 1.165) is 42.7 Å². The molecular weight excluding hydrogens is 302 g/mol. The van der Waals surface area contributed by atoms with Gasteiger partial charge in [0.1, 0.15) is 0 Å². The Morgan fingerprint density at radius 1 is 1.04 bits per heavy atom. The number of rotatable bonds is 5. The molecule has 3 rings (SSSR count). The Hall–Kier alpha value is -2.04. The molecule has 2 aliphatic carbocycles. The Balaban J connectivity index is 1.67. The highest BCUT2D eigenvalue weighted by Crippen LogP contribution is 2.36. The van der Waals surface area contributed by atoms with E-state index in [-0.39, 0.29) is 5.91 Å². The molecule has 0 aliphatic heterocycles. The maximum Gasteiger partial charge on any atom is 0.312 e. The second-order valence-corrected chi connectivity index (χ2v) is 7.27. The molecule has 2 aliphatic rings. The Morgan fingerprint density at radius 3 is 2.08 bits per heavy atom. The summed E-state index contributed by atoms with van der Waals surface area (Å²) in [5, 5.41) is 2.56. The van der Waals surface area contributed by atoms with Crippen molar-refractivity contribution in [3.05, 3.63) is 35.4 Å². The van der Waals surface area contributed by atoms with Crippen LogP contribution in [0.1, 0.15) is 61.4 Å². The van der Waals surface area contributed by atoms with Gasteiger partial charge in [-0.3, -0.25) is 4.79 Å². The van der Waals surface area contributed by atoms with Gasteiger partial charge in [-0.05, 0) is 62.1 Å². The van der Waals surface area contributed by atoms with E-state index < -0.39 is 6.03 Å². The van der Waals surface area contributed by atoms with E-state index >= 15 is 0 Å². The largest absolute Gasteiger partial charge is 0.352 e. The Labute approximate surface area is 143 Å². The lowest BCUT2D eigenvalue weighted by Crippen LogP contribution is -2.43. The highest BCUT2D eigenvalue weighted by molar-refractivity contribution is 5.95. The molecular formula is C19H27N3O2. The number of nitrogens with one attached hydrogen (secondary N) is 1. The van der Waals surface area contributed by atoms with E-state index in [0.29, 0.717) is 18.6 Å². The summed E-state index contributed by atoms with van der Waals surface area (Å²) in [5.41, 5.74) is 6.76. The van der Waals surface area contributed by atoms with Crippen molar-refractivity contribution in [2.45, 2.75) is 64.1 Å². The molecule has 0 radical (unpaired) electrons. The van der Waals surface area contributed by atoms with Gasteiger partial charge in [-0.1, -0.05) is 19.1 Å². The topological polar surface area (TPSA) is 75.4 Å². The molecule has 1 aromatic rings. The quantitative estimate of drug-likeness (QED) is 0.871. The fourth-order valence-electron chi connectivity index (χ4n) is 3.61. The van der Waals surface area contributed by atoms with Crippen LogP contribution < -0.4 is 11.1 Å². The minimum Gasteiger partial charge on any atom is -0.352 e. The van der Waals surface area contributed by atoms with Gasteiger partial charge < -0.3 is 16.0 Å². The minimum absolute atomic E-state index is 0.159. The Kier molecular flexibility index (Phi) is 5.07. The number of carbonyl (C=O) groups excluding carboxylic acids is 2. The van der Waals surface area contributed by atoms with E-state index in [1.165, 1.54) is 12.8 Å². The molecule has 0 saturated heterocycles. The number of urea groups is 1. The predicted octanol–water partition coefficient (Wildman–Crippen LogP) is 3.04. The third-order valence-corrected chi connectivity index (χ3v) is 5.22. The lowest BCUT2D eigenvalue weighted by molar-refractivity contribution is 0.0593. The van der Waals surface area contributed by atoms with Crippen molar-refractivity contribution in [3.8, 4) is 0 Å². The molecule has 3 amide bonds. The Bertz CT molecular complexity index is 587. The van der Waals surface area contributed by atoms with E-state index in [4.69, 9.17) is 5.73 Å². The monoisotopic (exact) mass is 329 g/mol. The van der Waals surface area contributed by atoms with Gasteiger partial charge >= 0.3 is 6.03 Å². The van der Waals surface area contributed by atoms with Crippen LogP contribution in [0.4, 0.5) is 4.79 Å². The first kappa shape index (κ1) is 16.8. The Morgan fingerprint density at radius 2 is 1.58 bits per heavy atom. The van der Waals surface area contributed by atoms with Gasteiger partial charge in [0.2, 0.25) is 0 Å². The minimum atomic E-state index is -0.540. The summed E-state index contributed by atoms with van der Waals surface area (Å²) in [6, 6.07) is 7.79. The summed E-state index contributed by atoms with van der Waals surface area (Å²) in [7, 11) is 0. The lowest BCUT2D eigenvalue weighted by Gasteiger charge is -2.36. The standard InChI is InChI=1S/C19H27N3O2/c1-13-2-8-16(9-3-13)22(17-10-11-17)18(23)15-6-4-14(5-7-15)12-21-19(20)24/h4-7,13,16-17H,2-3,8-12H2,1H3,(H3,20,21,24). The van der Waals surface area contributed by atoms with E-state index in [9.17, 15) is 9.59 Å². The average molecular weight is 329 g/mol. The van der Waals surface area contributed by atoms with Crippen LogP contribution in [0.2, 0.25) is 0 Å². The molecule has 0 unspecified atom stereocenters. The van der Waals surface area contributed by atoms with Crippen LogP contribution >= 0.6 is 0 Å². The van der Waals surface area contributed by atoms with Crippen molar-refractivity contribution in [2.24, 2.45) is 11.7 Å². The van der Waals surface area contributed by atoms with Gasteiger partial charge in [-0.15, -0.1) is 0 Å². The summed E-state index contributed by atoms with van der Waals surface area (Å²) in [5.74, 6) is 0.945. The zero-order valence-corrected chi connectivity index (χ0v) is 14.3. The number of amides is 3. The highest BCUT2D eigenvalue weighted by Gasteiger charge is 2.38. The second-order valence-electron chi connectivity index (χ2n) is 7.27. The zero-order chi connectivity index (χ0) is 17.1. The molecule has 5 heteroatoms. The molecule has 2 fully saturated rings. The molecule has 0 spiro atoms. The molecule has 130 valence electrons. The van der Waals surface area contributed by atoms with Crippen molar-refractivity contribution in [1.82, 2.24) is 10.2 Å². The first-order valence-corrected chi connectivity index (χ1v) is 8.99. The molecule has 0 heterocycles. The van der Waals surface area contributed by atoms with Gasteiger partial charge in [-0.25, -0.2) is 4.79 Å². The van der Waals surface area contributed by atoms with E-state index in [2.05, 4.69) is 17.1 Å². The van der Waals surface area contributed by atoms with Crippen LogP contribution in [-0.4, -0.2) is 28.9 Å². The van der Waals surface area contributed by atoms with Crippen molar-refractivity contribution < 1.29 is 9.59 Å². The summed E-state index contributed by atoms with van der Waals surface area (Å²) in [4.78, 5) is 25.9. The summed E-state index contributed by atoms with van der Waals surface area (Å²) in [6.07, 6.45) is 6.97. The van der Waals surface area contributed by atoms with E-state index in [1.54, 1.807) is 0 Å². The number of nitrogens with two attached hydrogens (primary N) is 1. The smallest absolute Gasteiger partial charge is 0.312 e. The molecule has 0 bridgehead atoms. The van der Waals surface area contributed by atoms with Crippen molar-refractivity contribution in [1.29, 1.82) is 0 Å². The molecule has 0 aromatic heterocycles. The summed E-state index contributed by atoms with van der Waals surface area (Å²) >= 11 is 0. The number of hydrogen-bond acceptors (Lipinski definition) is 2. The van der Waals surface area contributed by atoms with Gasteiger partial charge in [0.05, 0.1) is 0 Å².